The molecule has 0 aliphatic carbocycles. The zero-order valence-corrected chi connectivity index (χ0v) is 12.2. The van der Waals surface area contributed by atoms with E-state index in [0.717, 1.165) is 24.2 Å². The van der Waals surface area contributed by atoms with Crippen LogP contribution in [0, 0.1) is 0 Å². The predicted molar refractivity (Wildman–Crippen MR) is 78.1 cm³/mol. The summed E-state index contributed by atoms with van der Waals surface area (Å²) in [6, 6.07) is 5.45. The average Bonchev–Trinajstić information content (AvgIpc) is 2.45. The first-order chi connectivity index (χ1) is 9.60. The number of piperazine rings is 1. The van der Waals surface area contributed by atoms with Crippen LogP contribution in [-0.2, 0) is 4.79 Å². The van der Waals surface area contributed by atoms with E-state index in [4.69, 9.17) is 4.74 Å². The van der Waals surface area contributed by atoms with Gasteiger partial charge in [-0.05, 0) is 25.5 Å². The number of rotatable bonds is 4. The van der Waals surface area contributed by atoms with Gasteiger partial charge < -0.3 is 20.1 Å². The van der Waals surface area contributed by atoms with Crippen molar-refractivity contribution in [2.45, 2.75) is 32.4 Å². The van der Waals surface area contributed by atoms with Crippen molar-refractivity contribution >= 4 is 11.6 Å². The minimum absolute atomic E-state index is 0.0399. The molecule has 0 spiro atoms. The quantitative estimate of drug-likeness (QED) is 0.875. The number of anilines is 1. The van der Waals surface area contributed by atoms with E-state index >= 15 is 0 Å². The van der Waals surface area contributed by atoms with Crippen LogP contribution in [0.5, 0.6) is 5.75 Å². The molecule has 0 radical (unpaired) electrons. The fourth-order valence-electron chi connectivity index (χ4n) is 2.79. The molecule has 1 aromatic carbocycles. The molecule has 0 aromatic heterocycles. The number of hydrogen-bond acceptors (Lipinski definition) is 4. The number of hydrogen-bond donors (Lipinski definition) is 2. The van der Waals surface area contributed by atoms with E-state index < -0.39 is 6.10 Å². The molecule has 5 heteroatoms. The molecule has 2 atom stereocenters. The van der Waals surface area contributed by atoms with Gasteiger partial charge in [0.2, 0.25) is 5.91 Å². The number of ether oxygens (including phenoxy) is 1. The number of amides is 1. The van der Waals surface area contributed by atoms with Crippen LogP contribution in [0.15, 0.2) is 18.2 Å². The van der Waals surface area contributed by atoms with Crippen molar-refractivity contribution in [1.29, 1.82) is 0 Å². The van der Waals surface area contributed by atoms with Crippen LogP contribution in [-0.4, -0.2) is 37.3 Å². The molecule has 1 fully saturated rings. The molecular formula is C15H22N2O3. The van der Waals surface area contributed by atoms with E-state index in [0.29, 0.717) is 12.3 Å². The van der Waals surface area contributed by atoms with E-state index in [2.05, 4.69) is 10.2 Å². The number of methoxy groups -OCH3 is 1. The van der Waals surface area contributed by atoms with Crippen molar-refractivity contribution in [2.75, 3.05) is 25.1 Å². The highest BCUT2D eigenvalue weighted by atomic mass is 16.5. The van der Waals surface area contributed by atoms with E-state index in [1.165, 1.54) is 0 Å². The molecule has 1 aliphatic rings. The highest BCUT2D eigenvalue weighted by molar-refractivity contribution is 5.87. The van der Waals surface area contributed by atoms with Crippen molar-refractivity contribution in [3.63, 3.8) is 0 Å². The zero-order chi connectivity index (χ0) is 14.7. The molecule has 1 saturated heterocycles. The fraction of sp³-hybridized carbons (Fsp3) is 0.533. The van der Waals surface area contributed by atoms with Crippen LogP contribution in [0.25, 0.3) is 0 Å². The van der Waals surface area contributed by atoms with Gasteiger partial charge in [0.25, 0.3) is 0 Å². The van der Waals surface area contributed by atoms with Gasteiger partial charge in [-0.15, -0.1) is 0 Å². The Kier molecular flexibility index (Phi) is 4.49. The van der Waals surface area contributed by atoms with Crippen LogP contribution in [0.1, 0.15) is 31.9 Å². The fourth-order valence-corrected chi connectivity index (χ4v) is 2.79. The summed E-state index contributed by atoms with van der Waals surface area (Å²) in [6.45, 7) is 5.06. The van der Waals surface area contributed by atoms with Crippen molar-refractivity contribution < 1.29 is 14.6 Å². The summed E-state index contributed by atoms with van der Waals surface area (Å²) in [5, 5.41) is 13.0. The van der Waals surface area contributed by atoms with E-state index in [1.807, 2.05) is 25.1 Å². The van der Waals surface area contributed by atoms with Gasteiger partial charge in [-0.2, -0.15) is 0 Å². The first kappa shape index (κ1) is 14.7. The van der Waals surface area contributed by atoms with Crippen LogP contribution in [0.3, 0.4) is 0 Å². The van der Waals surface area contributed by atoms with Crippen molar-refractivity contribution in [3.05, 3.63) is 23.8 Å². The summed E-state index contributed by atoms with van der Waals surface area (Å²) in [5.74, 6) is 0.691. The first-order valence-electron chi connectivity index (χ1n) is 6.99. The minimum atomic E-state index is -0.649. The lowest BCUT2D eigenvalue weighted by atomic mass is 10.0. The maximum Gasteiger partial charge on any atom is 0.242 e. The Labute approximate surface area is 119 Å². The number of nitrogens with one attached hydrogen (secondary N) is 1. The highest BCUT2D eigenvalue weighted by Crippen LogP contribution is 2.36. The third kappa shape index (κ3) is 2.58. The van der Waals surface area contributed by atoms with Gasteiger partial charge in [-0.1, -0.05) is 13.0 Å². The van der Waals surface area contributed by atoms with Gasteiger partial charge in [0, 0.05) is 24.3 Å². The summed E-state index contributed by atoms with van der Waals surface area (Å²) in [6.07, 6.45) is 0.0751. The molecule has 2 unspecified atom stereocenters. The molecule has 0 bridgehead atoms. The Morgan fingerprint density at radius 1 is 1.55 bits per heavy atom. The summed E-state index contributed by atoms with van der Waals surface area (Å²) in [7, 11) is 1.59. The van der Waals surface area contributed by atoms with Crippen LogP contribution in [0.4, 0.5) is 5.69 Å². The predicted octanol–water partition coefficient (Wildman–Crippen LogP) is 1.46. The zero-order valence-electron chi connectivity index (χ0n) is 12.2. The van der Waals surface area contributed by atoms with Gasteiger partial charge in [0.05, 0.1) is 13.2 Å². The summed E-state index contributed by atoms with van der Waals surface area (Å²) in [4.78, 5) is 14.1. The van der Waals surface area contributed by atoms with Gasteiger partial charge in [-0.25, -0.2) is 0 Å². The summed E-state index contributed by atoms with van der Waals surface area (Å²) in [5.41, 5.74) is 1.62. The monoisotopic (exact) mass is 278 g/mol. The van der Waals surface area contributed by atoms with E-state index in [-0.39, 0.29) is 11.9 Å². The average molecular weight is 278 g/mol. The number of aliphatic hydroxyl groups is 1. The Morgan fingerprint density at radius 2 is 2.30 bits per heavy atom. The Morgan fingerprint density at radius 3 is 2.90 bits per heavy atom. The first-order valence-corrected chi connectivity index (χ1v) is 6.99. The SMILES string of the molecule is CCC1C(=O)NCCN1c1cccc(OC)c1C(C)O. The highest BCUT2D eigenvalue weighted by Gasteiger charge is 2.30. The Hall–Kier alpha value is -1.75. The van der Waals surface area contributed by atoms with E-state index in [1.54, 1.807) is 14.0 Å². The molecule has 0 saturated carbocycles. The molecule has 1 heterocycles. The van der Waals surface area contributed by atoms with Crippen molar-refractivity contribution in [2.24, 2.45) is 0 Å². The van der Waals surface area contributed by atoms with Crippen molar-refractivity contribution in [3.8, 4) is 5.75 Å². The van der Waals surface area contributed by atoms with Gasteiger partial charge in [0.1, 0.15) is 11.8 Å². The maximum atomic E-state index is 12.0. The molecule has 1 amide bonds. The third-order valence-corrected chi connectivity index (χ3v) is 3.71. The number of benzene rings is 1. The Bertz CT molecular complexity index is 488. The van der Waals surface area contributed by atoms with Crippen LogP contribution in [0.2, 0.25) is 0 Å². The Balaban J connectivity index is 2.47. The standard InChI is InChI=1S/C15H22N2O3/c1-4-11-15(19)16-8-9-17(11)12-6-5-7-13(20-3)14(12)10(2)18/h5-7,10-11,18H,4,8-9H2,1-3H3,(H,16,19). The third-order valence-electron chi connectivity index (χ3n) is 3.71. The smallest absolute Gasteiger partial charge is 0.242 e. The van der Waals surface area contributed by atoms with Crippen LogP contribution < -0.4 is 15.0 Å². The second-order valence-corrected chi connectivity index (χ2v) is 4.98. The van der Waals surface area contributed by atoms with Crippen molar-refractivity contribution in [1.82, 2.24) is 5.32 Å². The largest absolute Gasteiger partial charge is 0.496 e. The molecule has 1 aromatic rings. The molecule has 110 valence electrons. The van der Waals surface area contributed by atoms with Gasteiger partial charge in [0.15, 0.2) is 0 Å². The number of nitrogens with zero attached hydrogens (tertiary/aromatic N) is 1. The molecule has 5 nitrogen and oxygen atoms in total. The number of carbonyl (C=O) groups is 1. The molecular weight excluding hydrogens is 256 g/mol. The summed E-state index contributed by atoms with van der Waals surface area (Å²) >= 11 is 0. The normalized spacial score (nSPS) is 20.5. The van der Waals surface area contributed by atoms with E-state index in [9.17, 15) is 9.90 Å². The maximum absolute atomic E-state index is 12.0. The number of carbonyl (C=O) groups excluding carboxylic acids is 1. The topological polar surface area (TPSA) is 61.8 Å². The second-order valence-electron chi connectivity index (χ2n) is 4.98. The lowest BCUT2D eigenvalue weighted by Crippen LogP contribution is -2.55. The van der Waals surface area contributed by atoms with Gasteiger partial charge in [-0.3, -0.25) is 4.79 Å². The molecule has 20 heavy (non-hydrogen) atoms. The second kappa shape index (κ2) is 6.13. The lowest BCUT2D eigenvalue weighted by Gasteiger charge is -2.38. The van der Waals surface area contributed by atoms with Crippen LogP contribution >= 0.6 is 0 Å². The number of aliphatic hydroxyl groups excluding tert-OH is 1. The molecule has 2 rings (SSSR count). The molecule has 1 aliphatic heterocycles. The summed E-state index contributed by atoms with van der Waals surface area (Å²) < 4.78 is 5.35. The molecule has 2 N–H and O–H groups in total. The minimum Gasteiger partial charge on any atom is -0.496 e. The lowest BCUT2D eigenvalue weighted by molar-refractivity contribution is -0.123. The van der Waals surface area contributed by atoms with Gasteiger partial charge >= 0.3 is 0 Å².